The van der Waals surface area contributed by atoms with E-state index in [1.165, 1.54) is 12.1 Å². The molecule has 1 aromatic carbocycles. The fourth-order valence-electron chi connectivity index (χ4n) is 3.02. The topological polar surface area (TPSA) is 94.5 Å². The van der Waals surface area contributed by atoms with Gasteiger partial charge in [0.2, 0.25) is 0 Å². The minimum Gasteiger partial charge on any atom is -0.504 e. The monoisotopic (exact) mass is 366 g/mol. The molecule has 0 spiro atoms. The zero-order valence-corrected chi connectivity index (χ0v) is 15.3. The molecule has 0 radical (unpaired) electrons. The smallest absolute Gasteiger partial charge is 0.306 e. The van der Waals surface area contributed by atoms with Crippen molar-refractivity contribution in [1.82, 2.24) is 0 Å². The van der Waals surface area contributed by atoms with Crippen LogP contribution >= 0.6 is 0 Å². The molecule has 3 atom stereocenters. The molecule has 1 fully saturated rings. The van der Waals surface area contributed by atoms with E-state index in [1.54, 1.807) is 20.3 Å². The van der Waals surface area contributed by atoms with Crippen LogP contribution in [0.2, 0.25) is 0 Å². The van der Waals surface area contributed by atoms with Gasteiger partial charge in [-0.05, 0) is 36.1 Å². The predicted octanol–water partition coefficient (Wildman–Crippen LogP) is 2.50. The second-order valence-corrected chi connectivity index (χ2v) is 6.09. The van der Waals surface area contributed by atoms with E-state index in [4.69, 9.17) is 18.9 Å². The van der Waals surface area contributed by atoms with Crippen LogP contribution in [0.15, 0.2) is 29.8 Å². The van der Waals surface area contributed by atoms with E-state index in [2.05, 4.69) is 0 Å². The number of rotatable bonds is 7. The first kappa shape index (κ1) is 20.2. The molecule has 0 bridgehead atoms. The Hall–Kier alpha value is -2.09. The standard InChI is InChI=1S/C19H26O7/c1-4-14-13(11-18(23-2)26-19(14)24-3)10-17(22)25-8-7-12-5-6-15(20)16(21)9-12/h4-6,9,13,18-21H,7-8,10-11H2,1-3H3/b14-4+/t13-,18-,19-/m1/s1. The Bertz CT molecular complexity index is 641. The van der Waals surface area contributed by atoms with Gasteiger partial charge < -0.3 is 29.2 Å². The van der Waals surface area contributed by atoms with Gasteiger partial charge in [0.15, 0.2) is 24.1 Å². The van der Waals surface area contributed by atoms with Crippen LogP contribution in [0.3, 0.4) is 0 Å². The molecule has 144 valence electrons. The molecule has 7 nitrogen and oxygen atoms in total. The molecule has 0 unspecified atom stereocenters. The number of methoxy groups -OCH3 is 2. The number of phenols is 2. The molecular weight excluding hydrogens is 340 g/mol. The summed E-state index contributed by atoms with van der Waals surface area (Å²) in [6.07, 6.45) is 2.15. The van der Waals surface area contributed by atoms with E-state index in [9.17, 15) is 15.0 Å². The number of benzene rings is 1. The average Bonchev–Trinajstić information content (AvgIpc) is 2.63. The molecular formula is C19H26O7. The van der Waals surface area contributed by atoms with Crippen molar-refractivity contribution in [3.05, 3.63) is 35.4 Å². The molecule has 0 saturated carbocycles. The first-order valence-electron chi connectivity index (χ1n) is 8.52. The molecule has 0 amide bonds. The lowest BCUT2D eigenvalue weighted by molar-refractivity contribution is -0.239. The lowest BCUT2D eigenvalue weighted by Gasteiger charge is -2.35. The third-order valence-electron chi connectivity index (χ3n) is 4.41. The Morgan fingerprint density at radius 1 is 1.27 bits per heavy atom. The fourth-order valence-corrected chi connectivity index (χ4v) is 3.02. The number of phenolic OH excluding ortho intramolecular Hbond substituents is 2. The van der Waals surface area contributed by atoms with Crippen LogP contribution in [0.4, 0.5) is 0 Å². The molecule has 0 aromatic heterocycles. The van der Waals surface area contributed by atoms with Crippen LogP contribution < -0.4 is 0 Å². The maximum absolute atomic E-state index is 12.2. The molecule has 1 aromatic rings. The minimum absolute atomic E-state index is 0.0751. The zero-order valence-electron chi connectivity index (χ0n) is 15.3. The molecule has 7 heteroatoms. The number of hydrogen-bond donors (Lipinski definition) is 2. The number of hydrogen-bond acceptors (Lipinski definition) is 7. The highest BCUT2D eigenvalue weighted by molar-refractivity contribution is 5.70. The van der Waals surface area contributed by atoms with Crippen LogP contribution in [-0.4, -0.2) is 49.6 Å². The first-order chi connectivity index (χ1) is 12.5. The summed E-state index contributed by atoms with van der Waals surface area (Å²) in [6, 6.07) is 4.53. The number of esters is 1. The third kappa shape index (κ3) is 5.20. The summed E-state index contributed by atoms with van der Waals surface area (Å²) in [4.78, 5) is 12.2. The summed E-state index contributed by atoms with van der Waals surface area (Å²) in [5, 5.41) is 18.8. The molecule has 2 rings (SSSR count). The Morgan fingerprint density at radius 2 is 2.04 bits per heavy atom. The van der Waals surface area contributed by atoms with Crippen molar-refractivity contribution in [2.45, 2.75) is 38.8 Å². The molecule has 1 aliphatic rings. The van der Waals surface area contributed by atoms with Gasteiger partial charge in [0.05, 0.1) is 13.0 Å². The van der Waals surface area contributed by atoms with Crippen molar-refractivity contribution in [2.24, 2.45) is 5.92 Å². The second kappa shape index (κ2) is 9.56. The Labute approximate surface area is 153 Å². The lowest BCUT2D eigenvalue weighted by Crippen LogP contribution is -2.38. The normalized spacial score (nSPS) is 24.6. The molecule has 0 aliphatic carbocycles. The van der Waals surface area contributed by atoms with E-state index < -0.39 is 12.6 Å². The SMILES string of the molecule is C/C=C1\[C@H](CC(=O)OCCc2ccc(O)c(O)c2)C[C@H](OC)O[C@H]1OC. The number of carbonyl (C=O) groups excluding carboxylic acids is 1. The van der Waals surface area contributed by atoms with Crippen LogP contribution in [0.1, 0.15) is 25.3 Å². The quantitative estimate of drug-likeness (QED) is 0.435. The minimum atomic E-state index is -0.531. The van der Waals surface area contributed by atoms with Crippen molar-refractivity contribution in [2.75, 3.05) is 20.8 Å². The third-order valence-corrected chi connectivity index (χ3v) is 4.41. The van der Waals surface area contributed by atoms with Crippen molar-refractivity contribution >= 4 is 5.97 Å². The van der Waals surface area contributed by atoms with Crippen LogP contribution in [0.5, 0.6) is 11.5 Å². The van der Waals surface area contributed by atoms with E-state index in [1.807, 2.05) is 13.0 Å². The zero-order chi connectivity index (χ0) is 19.1. The highest BCUT2D eigenvalue weighted by Crippen LogP contribution is 2.33. The summed E-state index contributed by atoms with van der Waals surface area (Å²) < 4.78 is 21.6. The summed E-state index contributed by atoms with van der Waals surface area (Å²) in [6.45, 7) is 2.08. The van der Waals surface area contributed by atoms with Crippen molar-refractivity contribution in [3.63, 3.8) is 0 Å². The van der Waals surface area contributed by atoms with Gasteiger partial charge in [-0.1, -0.05) is 12.1 Å². The fraction of sp³-hybridized carbons (Fsp3) is 0.526. The van der Waals surface area contributed by atoms with E-state index >= 15 is 0 Å². The molecule has 1 saturated heterocycles. The summed E-state index contributed by atoms with van der Waals surface area (Å²) in [5.74, 6) is -0.757. The first-order valence-corrected chi connectivity index (χ1v) is 8.52. The molecule has 26 heavy (non-hydrogen) atoms. The highest BCUT2D eigenvalue weighted by Gasteiger charge is 2.35. The van der Waals surface area contributed by atoms with E-state index in [0.717, 1.165) is 11.1 Å². The second-order valence-electron chi connectivity index (χ2n) is 6.09. The van der Waals surface area contributed by atoms with Gasteiger partial charge in [0, 0.05) is 27.1 Å². The number of allylic oxidation sites excluding steroid dienone is 1. The number of aromatic hydroxyl groups is 2. The largest absolute Gasteiger partial charge is 0.504 e. The maximum Gasteiger partial charge on any atom is 0.306 e. The van der Waals surface area contributed by atoms with Crippen molar-refractivity contribution in [1.29, 1.82) is 0 Å². The summed E-state index contributed by atoms with van der Waals surface area (Å²) in [7, 11) is 3.11. The Kier molecular flexibility index (Phi) is 7.44. The molecule has 2 N–H and O–H groups in total. The highest BCUT2D eigenvalue weighted by atomic mass is 16.8. The van der Waals surface area contributed by atoms with Gasteiger partial charge in [-0.3, -0.25) is 4.79 Å². The summed E-state index contributed by atoms with van der Waals surface area (Å²) >= 11 is 0. The lowest BCUT2D eigenvalue weighted by atomic mass is 9.89. The molecule has 1 heterocycles. The van der Waals surface area contributed by atoms with Crippen molar-refractivity contribution in [3.8, 4) is 11.5 Å². The summed E-state index contributed by atoms with van der Waals surface area (Å²) in [5.41, 5.74) is 1.67. The van der Waals surface area contributed by atoms with E-state index in [-0.39, 0.29) is 36.4 Å². The van der Waals surface area contributed by atoms with Gasteiger partial charge in [-0.2, -0.15) is 0 Å². The Balaban J connectivity index is 1.87. The van der Waals surface area contributed by atoms with Crippen LogP contribution in [0.25, 0.3) is 0 Å². The van der Waals surface area contributed by atoms with Crippen molar-refractivity contribution < 1.29 is 34.0 Å². The molecule has 1 aliphatic heterocycles. The van der Waals surface area contributed by atoms with Crippen LogP contribution in [0, 0.1) is 5.92 Å². The number of ether oxygens (including phenoxy) is 4. The van der Waals surface area contributed by atoms with Gasteiger partial charge >= 0.3 is 5.97 Å². The van der Waals surface area contributed by atoms with Gasteiger partial charge in [0.25, 0.3) is 0 Å². The van der Waals surface area contributed by atoms with Gasteiger partial charge in [-0.15, -0.1) is 0 Å². The van der Waals surface area contributed by atoms with Crippen LogP contribution in [-0.2, 0) is 30.2 Å². The van der Waals surface area contributed by atoms with Gasteiger partial charge in [-0.25, -0.2) is 0 Å². The van der Waals surface area contributed by atoms with Gasteiger partial charge in [0.1, 0.15) is 0 Å². The predicted molar refractivity (Wildman–Crippen MR) is 93.6 cm³/mol. The average molecular weight is 366 g/mol. The number of carbonyl (C=O) groups is 1. The van der Waals surface area contributed by atoms with E-state index in [0.29, 0.717) is 12.8 Å². The maximum atomic E-state index is 12.2. The Morgan fingerprint density at radius 3 is 2.65 bits per heavy atom.